The summed E-state index contributed by atoms with van der Waals surface area (Å²) < 4.78 is 0. The predicted molar refractivity (Wildman–Crippen MR) is 216 cm³/mol. The van der Waals surface area contributed by atoms with E-state index in [1.807, 2.05) is 0 Å². The van der Waals surface area contributed by atoms with Crippen LogP contribution in [0.25, 0.3) is 33.0 Å². The van der Waals surface area contributed by atoms with Gasteiger partial charge < -0.3 is 0 Å². The Balaban J connectivity index is 2.11. The van der Waals surface area contributed by atoms with Crippen molar-refractivity contribution < 1.29 is 0 Å². The summed E-state index contributed by atoms with van der Waals surface area (Å²) in [5, 5.41) is 4.08. The standard InChI is InChI=1S/C46H65P/c1-7-13-21-34-29-31-42(40(26-17-11-5)37(34)24-15-9-3)44-33-36-23-19-20-28-39(36)46(47)45(44)43-32-30-35(22-14-8-2)38(25-16-10-4)41(43)27-18-12-6/h19-20,23,28-33H,7-18,21-22,24-27,47H2,1-6H3. The minimum Gasteiger partial charge on any atom is -0.104 e. The molecule has 0 saturated carbocycles. The third kappa shape index (κ3) is 9.18. The molecule has 0 fully saturated rings. The molecule has 1 unspecified atom stereocenters. The van der Waals surface area contributed by atoms with Crippen molar-refractivity contribution in [1.29, 1.82) is 0 Å². The van der Waals surface area contributed by atoms with E-state index in [2.05, 4.69) is 105 Å². The van der Waals surface area contributed by atoms with Crippen molar-refractivity contribution in [1.82, 2.24) is 0 Å². The molecule has 0 aromatic heterocycles. The number of fused-ring (bicyclic) bond motifs is 1. The largest absolute Gasteiger partial charge is 0.104 e. The predicted octanol–water partition coefficient (Wildman–Crippen LogP) is 13.7. The number of benzene rings is 4. The van der Waals surface area contributed by atoms with Crippen LogP contribution in [0.15, 0.2) is 54.6 Å². The van der Waals surface area contributed by atoms with Crippen LogP contribution in [0.2, 0.25) is 0 Å². The number of aryl methyl sites for hydroxylation is 2. The van der Waals surface area contributed by atoms with Gasteiger partial charge in [-0.15, -0.1) is 9.24 Å². The van der Waals surface area contributed by atoms with Gasteiger partial charge in [0.1, 0.15) is 0 Å². The third-order valence-corrected chi connectivity index (χ3v) is 11.0. The molecule has 4 aromatic rings. The first kappa shape index (κ1) is 37.4. The monoisotopic (exact) mass is 648 g/mol. The zero-order chi connectivity index (χ0) is 33.6. The summed E-state index contributed by atoms with van der Waals surface area (Å²) in [6.07, 6.45) is 22.2. The van der Waals surface area contributed by atoms with E-state index in [1.54, 1.807) is 33.4 Å². The minimum atomic E-state index is 1.17. The fourth-order valence-electron chi connectivity index (χ4n) is 7.66. The first-order valence-corrected chi connectivity index (χ1v) is 20.2. The Kier molecular flexibility index (Phi) is 15.5. The van der Waals surface area contributed by atoms with Gasteiger partial charge in [-0.1, -0.05) is 129 Å². The van der Waals surface area contributed by atoms with Crippen LogP contribution in [0, 0.1) is 0 Å². The molecule has 47 heavy (non-hydrogen) atoms. The van der Waals surface area contributed by atoms with Crippen LogP contribution in [0.5, 0.6) is 0 Å². The summed E-state index contributed by atoms with van der Waals surface area (Å²) in [7, 11) is 3.25. The summed E-state index contributed by atoms with van der Waals surface area (Å²) in [6.45, 7) is 14.1. The molecular formula is C46H65P. The molecule has 0 heterocycles. The highest BCUT2D eigenvalue weighted by Crippen LogP contribution is 2.42. The Bertz CT molecular complexity index is 1560. The van der Waals surface area contributed by atoms with Crippen molar-refractivity contribution in [2.24, 2.45) is 0 Å². The van der Waals surface area contributed by atoms with Crippen LogP contribution < -0.4 is 5.30 Å². The summed E-state index contributed by atoms with van der Waals surface area (Å²) in [6, 6.07) is 21.8. The third-order valence-electron chi connectivity index (χ3n) is 10.4. The molecule has 0 bridgehead atoms. The van der Waals surface area contributed by atoms with Gasteiger partial charge in [0.05, 0.1) is 0 Å². The van der Waals surface area contributed by atoms with Crippen molar-refractivity contribution in [3.8, 4) is 22.3 Å². The molecule has 0 nitrogen and oxygen atoms in total. The Morgan fingerprint density at radius 1 is 0.426 bits per heavy atom. The minimum absolute atomic E-state index is 1.17. The SMILES string of the molecule is CCCCc1ccc(-c2cc3ccccc3c(P)c2-c2ccc(CCCC)c(CCCC)c2CCCC)c(CCCC)c1CCCC. The highest BCUT2D eigenvalue weighted by molar-refractivity contribution is 7.29. The van der Waals surface area contributed by atoms with E-state index in [9.17, 15) is 0 Å². The van der Waals surface area contributed by atoms with Gasteiger partial charge in [-0.25, -0.2) is 0 Å². The quantitative estimate of drug-likeness (QED) is 0.0837. The molecule has 1 heteroatoms. The summed E-state index contributed by atoms with van der Waals surface area (Å²) in [5.41, 5.74) is 15.7. The van der Waals surface area contributed by atoms with Crippen LogP contribution in [-0.4, -0.2) is 0 Å². The van der Waals surface area contributed by atoms with E-state index in [-0.39, 0.29) is 0 Å². The van der Waals surface area contributed by atoms with Crippen molar-refractivity contribution in [2.75, 3.05) is 0 Å². The Morgan fingerprint density at radius 2 is 0.851 bits per heavy atom. The molecule has 0 aliphatic rings. The molecular weight excluding hydrogens is 583 g/mol. The number of unbranched alkanes of at least 4 members (excludes halogenated alkanes) is 6. The zero-order valence-corrected chi connectivity index (χ0v) is 32.2. The van der Waals surface area contributed by atoms with E-state index in [1.165, 1.54) is 154 Å². The van der Waals surface area contributed by atoms with Crippen LogP contribution in [0.1, 0.15) is 152 Å². The highest BCUT2D eigenvalue weighted by Gasteiger charge is 2.23. The second-order valence-corrected chi connectivity index (χ2v) is 14.6. The van der Waals surface area contributed by atoms with Gasteiger partial charge in [0, 0.05) is 0 Å². The Morgan fingerprint density at radius 3 is 1.36 bits per heavy atom. The fourth-order valence-corrected chi connectivity index (χ4v) is 8.23. The van der Waals surface area contributed by atoms with Gasteiger partial charge in [-0.3, -0.25) is 0 Å². The van der Waals surface area contributed by atoms with E-state index in [0.29, 0.717) is 0 Å². The first-order valence-electron chi connectivity index (χ1n) is 19.6. The van der Waals surface area contributed by atoms with Gasteiger partial charge in [0.2, 0.25) is 0 Å². The molecule has 0 amide bonds. The molecule has 0 aliphatic carbocycles. The first-order chi connectivity index (χ1) is 23.0. The fraction of sp³-hybridized carbons (Fsp3) is 0.522. The number of hydrogen-bond acceptors (Lipinski definition) is 0. The van der Waals surface area contributed by atoms with Crippen molar-refractivity contribution in [3.05, 3.63) is 88.0 Å². The van der Waals surface area contributed by atoms with Gasteiger partial charge in [0.25, 0.3) is 0 Å². The van der Waals surface area contributed by atoms with Crippen molar-refractivity contribution in [2.45, 2.75) is 157 Å². The van der Waals surface area contributed by atoms with Crippen LogP contribution in [-0.2, 0) is 38.5 Å². The maximum Gasteiger partial charge on any atom is -0.00243 e. The Labute approximate surface area is 291 Å². The summed E-state index contributed by atoms with van der Waals surface area (Å²) in [4.78, 5) is 0. The summed E-state index contributed by atoms with van der Waals surface area (Å²) >= 11 is 0. The lowest BCUT2D eigenvalue weighted by Crippen LogP contribution is -2.10. The molecule has 4 rings (SSSR count). The molecule has 0 N–H and O–H groups in total. The second kappa shape index (κ2) is 19.5. The van der Waals surface area contributed by atoms with Gasteiger partial charge in [-0.05, 0) is 155 Å². The molecule has 1 atom stereocenters. The van der Waals surface area contributed by atoms with Crippen LogP contribution in [0.3, 0.4) is 0 Å². The van der Waals surface area contributed by atoms with E-state index >= 15 is 0 Å². The van der Waals surface area contributed by atoms with E-state index < -0.39 is 0 Å². The van der Waals surface area contributed by atoms with Crippen LogP contribution >= 0.6 is 9.24 Å². The average Bonchev–Trinajstić information content (AvgIpc) is 3.09. The van der Waals surface area contributed by atoms with Crippen LogP contribution in [0.4, 0.5) is 0 Å². The smallest absolute Gasteiger partial charge is 0.00243 e. The molecule has 0 aliphatic heterocycles. The molecule has 0 spiro atoms. The number of hydrogen-bond donors (Lipinski definition) is 0. The van der Waals surface area contributed by atoms with Gasteiger partial charge in [-0.2, -0.15) is 0 Å². The van der Waals surface area contributed by atoms with Crippen molar-refractivity contribution in [3.63, 3.8) is 0 Å². The molecule has 254 valence electrons. The van der Waals surface area contributed by atoms with Crippen molar-refractivity contribution >= 4 is 25.3 Å². The lowest BCUT2D eigenvalue weighted by molar-refractivity contribution is 0.735. The highest BCUT2D eigenvalue weighted by atomic mass is 31.0. The van der Waals surface area contributed by atoms with E-state index in [4.69, 9.17) is 0 Å². The topological polar surface area (TPSA) is 0 Å². The van der Waals surface area contributed by atoms with Gasteiger partial charge >= 0.3 is 0 Å². The Hall–Kier alpha value is -2.43. The normalized spacial score (nSPS) is 11.6. The maximum atomic E-state index is 3.25. The summed E-state index contributed by atoms with van der Waals surface area (Å²) in [5.74, 6) is 0. The lowest BCUT2D eigenvalue weighted by Gasteiger charge is -2.26. The maximum absolute atomic E-state index is 3.25. The number of rotatable bonds is 20. The zero-order valence-electron chi connectivity index (χ0n) is 31.0. The molecule has 4 aromatic carbocycles. The molecule has 0 radical (unpaired) electrons. The van der Waals surface area contributed by atoms with E-state index in [0.717, 1.165) is 0 Å². The second-order valence-electron chi connectivity index (χ2n) is 14.0. The van der Waals surface area contributed by atoms with Gasteiger partial charge in [0.15, 0.2) is 0 Å². The molecule has 0 saturated heterocycles. The average molecular weight is 649 g/mol. The lowest BCUT2D eigenvalue weighted by atomic mass is 9.80.